The molecule has 1 atom stereocenters. The van der Waals surface area contributed by atoms with E-state index in [1.54, 1.807) is 0 Å². The van der Waals surface area contributed by atoms with E-state index in [0.29, 0.717) is 19.1 Å². The second-order valence-corrected chi connectivity index (χ2v) is 5.45. The van der Waals surface area contributed by atoms with Crippen molar-refractivity contribution in [2.75, 3.05) is 24.6 Å². The van der Waals surface area contributed by atoms with E-state index in [1.165, 1.54) is 12.1 Å². The summed E-state index contributed by atoms with van der Waals surface area (Å²) >= 11 is 3.55. The number of benzene rings is 1. The Morgan fingerprint density at radius 1 is 1.47 bits per heavy atom. The molecule has 3 nitrogen and oxygen atoms in total. The maximum atomic E-state index is 8.96. The molecule has 0 bridgehead atoms. The molecule has 0 amide bonds. The predicted molar refractivity (Wildman–Crippen MR) is 74.1 cm³/mol. The first-order valence-electron chi connectivity index (χ1n) is 6.09. The summed E-state index contributed by atoms with van der Waals surface area (Å²) < 4.78 is 1.09. The van der Waals surface area contributed by atoms with Crippen molar-refractivity contribution in [2.45, 2.75) is 19.4 Å². The summed E-state index contributed by atoms with van der Waals surface area (Å²) in [5, 5.41) is 8.96. The lowest BCUT2D eigenvalue weighted by Crippen LogP contribution is -2.20. The molecule has 17 heavy (non-hydrogen) atoms. The van der Waals surface area contributed by atoms with Crippen LogP contribution in [0.2, 0.25) is 0 Å². The summed E-state index contributed by atoms with van der Waals surface area (Å²) in [4.78, 5) is 2.38. The van der Waals surface area contributed by atoms with Crippen molar-refractivity contribution in [3.8, 4) is 0 Å². The molecule has 1 aromatic rings. The van der Waals surface area contributed by atoms with Crippen LogP contribution in [0.25, 0.3) is 0 Å². The van der Waals surface area contributed by atoms with Crippen LogP contribution in [0.15, 0.2) is 22.7 Å². The summed E-state index contributed by atoms with van der Waals surface area (Å²) in [6.45, 7) is 3.00. The number of nitrogens with two attached hydrogens (primary N) is 1. The predicted octanol–water partition coefficient (Wildman–Crippen LogP) is 2.12. The van der Waals surface area contributed by atoms with E-state index in [1.807, 2.05) is 0 Å². The molecule has 1 aliphatic rings. The van der Waals surface area contributed by atoms with Crippen molar-refractivity contribution in [1.29, 1.82) is 0 Å². The van der Waals surface area contributed by atoms with Gasteiger partial charge in [0.25, 0.3) is 0 Å². The first-order valence-corrected chi connectivity index (χ1v) is 6.88. The lowest BCUT2D eigenvalue weighted by Gasteiger charge is -2.19. The minimum atomic E-state index is 0.300. The molecule has 4 heteroatoms. The zero-order valence-electron chi connectivity index (χ0n) is 9.90. The van der Waals surface area contributed by atoms with E-state index >= 15 is 0 Å². The van der Waals surface area contributed by atoms with Gasteiger partial charge in [0.05, 0.1) is 0 Å². The molecule has 0 spiro atoms. The van der Waals surface area contributed by atoms with Gasteiger partial charge in [-0.25, -0.2) is 0 Å². The Hall–Kier alpha value is -0.580. The summed E-state index contributed by atoms with van der Waals surface area (Å²) in [5.41, 5.74) is 8.03. The fraction of sp³-hybridized carbons (Fsp3) is 0.538. The van der Waals surface area contributed by atoms with Crippen molar-refractivity contribution in [3.05, 3.63) is 28.2 Å². The Morgan fingerprint density at radius 3 is 2.94 bits per heavy atom. The molecule has 0 saturated carbocycles. The van der Waals surface area contributed by atoms with E-state index in [9.17, 15) is 0 Å². The first-order chi connectivity index (χ1) is 8.24. The quantitative estimate of drug-likeness (QED) is 0.895. The molecule has 1 heterocycles. The first kappa shape index (κ1) is 12.9. The van der Waals surface area contributed by atoms with Crippen molar-refractivity contribution >= 4 is 21.6 Å². The zero-order chi connectivity index (χ0) is 12.3. The van der Waals surface area contributed by atoms with Gasteiger partial charge in [-0.05, 0) is 36.5 Å². The van der Waals surface area contributed by atoms with E-state index in [-0.39, 0.29) is 0 Å². The molecule has 1 fully saturated rings. The van der Waals surface area contributed by atoms with E-state index in [2.05, 4.69) is 39.0 Å². The van der Waals surface area contributed by atoms with Crippen LogP contribution in [0.3, 0.4) is 0 Å². The average molecular weight is 299 g/mol. The number of anilines is 1. The summed E-state index contributed by atoms with van der Waals surface area (Å²) in [5.74, 6) is 0.632. The third-order valence-electron chi connectivity index (χ3n) is 3.44. The number of nitrogens with zero attached hydrogens (tertiary/aromatic N) is 1. The minimum Gasteiger partial charge on any atom is -0.396 e. The molecule has 1 aliphatic heterocycles. The molecule has 3 N–H and O–H groups in total. The molecule has 0 aliphatic carbocycles. The second-order valence-electron chi connectivity index (χ2n) is 4.59. The smallest absolute Gasteiger partial charge is 0.0434 e. The highest BCUT2D eigenvalue weighted by Crippen LogP contribution is 2.29. The third kappa shape index (κ3) is 3.00. The Balaban J connectivity index is 2.06. The van der Waals surface area contributed by atoms with E-state index < -0.39 is 0 Å². The average Bonchev–Trinajstić information content (AvgIpc) is 2.78. The standard InChI is InChI=1S/C13H19BrN2O/c14-13-7-12(2-1-11(13)8-15)16-5-3-10(9-16)4-6-17/h1-2,7,10,17H,3-6,8-9,15H2. The Morgan fingerprint density at radius 2 is 2.29 bits per heavy atom. The number of hydrogen-bond acceptors (Lipinski definition) is 3. The fourth-order valence-electron chi connectivity index (χ4n) is 2.38. The number of rotatable bonds is 4. The van der Waals surface area contributed by atoms with Gasteiger partial charge < -0.3 is 15.7 Å². The topological polar surface area (TPSA) is 49.5 Å². The summed E-state index contributed by atoms with van der Waals surface area (Å²) in [6, 6.07) is 6.36. The Labute approximate surface area is 111 Å². The highest BCUT2D eigenvalue weighted by molar-refractivity contribution is 9.10. The molecule has 1 aromatic carbocycles. The molecular formula is C13H19BrN2O. The molecule has 1 unspecified atom stereocenters. The lowest BCUT2D eigenvalue weighted by atomic mass is 10.1. The monoisotopic (exact) mass is 298 g/mol. The van der Waals surface area contributed by atoms with Gasteiger partial charge in [0.15, 0.2) is 0 Å². The van der Waals surface area contributed by atoms with E-state index in [4.69, 9.17) is 10.8 Å². The van der Waals surface area contributed by atoms with Crippen molar-refractivity contribution in [3.63, 3.8) is 0 Å². The third-order valence-corrected chi connectivity index (χ3v) is 4.18. The van der Waals surface area contributed by atoms with Crippen molar-refractivity contribution in [1.82, 2.24) is 0 Å². The van der Waals surface area contributed by atoms with Crippen LogP contribution in [0.5, 0.6) is 0 Å². The summed E-state index contributed by atoms with van der Waals surface area (Å²) in [6.07, 6.45) is 2.09. The van der Waals surface area contributed by atoms with Crippen LogP contribution in [-0.2, 0) is 6.54 Å². The Kier molecular flexibility index (Phi) is 4.42. The number of aliphatic hydroxyl groups is 1. The molecule has 94 valence electrons. The van der Waals surface area contributed by atoms with Crippen molar-refractivity contribution in [2.24, 2.45) is 11.7 Å². The normalized spacial score (nSPS) is 19.9. The fourth-order valence-corrected chi connectivity index (χ4v) is 2.91. The molecular weight excluding hydrogens is 280 g/mol. The number of halogens is 1. The van der Waals surface area contributed by atoms with Gasteiger partial charge in [0.2, 0.25) is 0 Å². The maximum absolute atomic E-state index is 8.96. The van der Waals surface area contributed by atoms with Crippen LogP contribution in [0, 0.1) is 5.92 Å². The highest BCUT2D eigenvalue weighted by atomic mass is 79.9. The van der Waals surface area contributed by atoms with Gasteiger partial charge in [-0.3, -0.25) is 0 Å². The van der Waals surface area contributed by atoms with Crippen LogP contribution >= 0.6 is 15.9 Å². The Bertz CT molecular complexity index is 384. The number of aliphatic hydroxyl groups excluding tert-OH is 1. The minimum absolute atomic E-state index is 0.300. The van der Waals surface area contributed by atoms with Crippen molar-refractivity contribution < 1.29 is 5.11 Å². The SMILES string of the molecule is NCc1ccc(N2CCC(CCO)C2)cc1Br. The van der Waals surface area contributed by atoms with Crippen LogP contribution in [0.1, 0.15) is 18.4 Å². The van der Waals surface area contributed by atoms with Gasteiger partial charge in [0.1, 0.15) is 0 Å². The van der Waals surface area contributed by atoms with Gasteiger partial charge >= 0.3 is 0 Å². The molecule has 0 aromatic heterocycles. The van der Waals surface area contributed by atoms with Crippen LogP contribution < -0.4 is 10.6 Å². The summed E-state index contributed by atoms with van der Waals surface area (Å²) in [7, 11) is 0. The maximum Gasteiger partial charge on any atom is 0.0434 e. The largest absolute Gasteiger partial charge is 0.396 e. The van der Waals surface area contributed by atoms with Gasteiger partial charge in [0, 0.05) is 36.4 Å². The molecule has 0 radical (unpaired) electrons. The van der Waals surface area contributed by atoms with Gasteiger partial charge in [-0.2, -0.15) is 0 Å². The number of hydrogen-bond donors (Lipinski definition) is 2. The van der Waals surface area contributed by atoms with Gasteiger partial charge in [-0.1, -0.05) is 22.0 Å². The zero-order valence-corrected chi connectivity index (χ0v) is 11.5. The highest BCUT2D eigenvalue weighted by Gasteiger charge is 2.22. The lowest BCUT2D eigenvalue weighted by molar-refractivity contribution is 0.263. The van der Waals surface area contributed by atoms with Gasteiger partial charge in [-0.15, -0.1) is 0 Å². The molecule has 2 rings (SSSR count). The second kappa shape index (κ2) is 5.85. The molecule has 1 saturated heterocycles. The van der Waals surface area contributed by atoms with Crippen LogP contribution in [-0.4, -0.2) is 24.8 Å². The van der Waals surface area contributed by atoms with E-state index in [0.717, 1.165) is 29.5 Å². The van der Waals surface area contributed by atoms with Crippen LogP contribution in [0.4, 0.5) is 5.69 Å².